The van der Waals surface area contributed by atoms with Gasteiger partial charge in [0.15, 0.2) is 5.82 Å². The minimum absolute atomic E-state index is 0.191. The van der Waals surface area contributed by atoms with E-state index in [-0.39, 0.29) is 11.5 Å². The number of aromatic nitrogens is 3. The van der Waals surface area contributed by atoms with E-state index in [1.165, 1.54) is 10.9 Å². The monoisotopic (exact) mass is 557 g/mol. The Bertz CT molecular complexity index is 1640. The van der Waals surface area contributed by atoms with Gasteiger partial charge in [0.25, 0.3) is 5.56 Å². The Balaban J connectivity index is 1.53. The van der Waals surface area contributed by atoms with Gasteiger partial charge in [-0.15, -0.1) is 0 Å². The highest BCUT2D eigenvalue weighted by molar-refractivity contribution is 5.96. The summed E-state index contributed by atoms with van der Waals surface area (Å²) in [6.45, 7) is 10.9. The van der Waals surface area contributed by atoms with Crippen LogP contribution < -0.4 is 20.9 Å². The summed E-state index contributed by atoms with van der Waals surface area (Å²) in [5.41, 5.74) is 2.37. The van der Waals surface area contributed by atoms with Crippen molar-refractivity contribution in [2.75, 3.05) is 12.4 Å². The average Bonchev–Trinajstić information content (AvgIpc) is 2.91. The van der Waals surface area contributed by atoms with Crippen molar-refractivity contribution in [2.45, 2.75) is 53.2 Å². The standard InChI is InChI=1S/C31H35N5O5/c1-18(2)27(35-30(39)41-31(4,5)6)28(37)34-22-12-14-26(32-17-22)36-29(38)24-13-11-20(15-21(24)16-33-36)23-9-8-10-25(40-7)19(23)3/h8-18,27H,1-7H3,(H,34,37)(H,35,39)/t27-/m0/s1. The Kier molecular flexibility index (Phi) is 8.41. The number of hydrogen-bond donors (Lipinski definition) is 2. The molecule has 0 spiro atoms. The second-order valence-electron chi connectivity index (χ2n) is 11.1. The highest BCUT2D eigenvalue weighted by atomic mass is 16.6. The second-order valence-corrected chi connectivity index (χ2v) is 11.1. The smallest absolute Gasteiger partial charge is 0.408 e. The third-order valence-electron chi connectivity index (χ3n) is 6.46. The van der Waals surface area contributed by atoms with Crippen LogP contribution in [-0.2, 0) is 9.53 Å². The van der Waals surface area contributed by atoms with Gasteiger partial charge in [0, 0.05) is 5.39 Å². The van der Waals surface area contributed by atoms with E-state index in [1.807, 2.05) is 51.1 Å². The van der Waals surface area contributed by atoms with Gasteiger partial charge in [0.1, 0.15) is 17.4 Å². The number of carbonyl (C=O) groups excluding carboxylic acids is 2. The lowest BCUT2D eigenvalue weighted by molar-refractivity contribution is -0.119. The molecule has 0 saturated heterocycles. The summed E-state index contributed by atoms with van der Waals surface area (Å²) in [6.07, 6.45) is 2.39. The summed E-state index contributed by atoms with van der Waals surface area (Å²) in [5.74, 6) is 0.489. The molecule has 0 aliphatic rings. The number of nitrogens with zero attached hydrogens (tertiary/aromatic N) is 3. The molecule has 0 aliphatic heterocycles. The normalized spacial score (nSPS) is 12.2. The predicted molar refractivity (Wildman–Crippen MR) is 158 cm³/mol. The minimum Gasteiger partial charge on any atom is -0.496 e. The molecule has 0 radical (unpaired) electrons. The molecule has 0 unspecified atom stereocenters. The largest absolute Gasteiger partial charge is 0.496 e. The molecule has 1 atom stereocenters. The number of nitrogens with one attached hydrogen (secondary N) is 2. The highest BCUT2D eigenvalue weighted by Crippen LogP contribution is 2.31. The number of methoxy groups -OCH3 is 1. The van der Waals surface area contributed by atoms with Crippen LogP contribution in [0.15, 0.2) is 65.7 Å². The van der Waals surface area contributed by atoms with Gasteiger partial charge in [-0.25, -0.2) is 9.78 Å². The number of benzene rings is 2. The summed E-state index contributed by atoms with van der Waals surface area (Å²) in [4.78, 5) is 42.8. The Morgan fingerprint density at radius 2 is 1.78 bits per heavy atom. The zero-order chi connectivity index (χ0) is 29.9. The van der Waals surface area contributed by atoms with Crippen LogP contribution in [0.1, 0.15) is 40.2 Å². The van der Waals surface area contributed by atoms with E-state index in [2.05, 4.69) is 20.7 Å². The molecule has 0 aliphatic carbocycles. The fourth-order valence-corrected chi connectivity index (χ4v) is 4.40. The third-order valence-corrected chi connectivity index (χ3v) is 6.46. The molecule has 2 heterocycles. The molecule has 0 fully saturated rings. The fraction of sp³-hybridized carbons (Fsp3) is 0.323. The number of pyridine rings is 1. The molecular formula is C31H35N5O5. The van der Waals surface area contributed by atoms with E-state index in [4.69, 9.17) is 9.47 Å². The number of amides is 2. The maximum atomic E-state index is 13.3. The number of hydrogen-bond acceptors (Lipinski definition) is 7. The quantitative estimate of drug-likeness (QED) is 0.318. The molecular weight excluding hydrogens is 522 g/mol. The summed E-state index contributed by atoms with van der Waals surface area (Å²) < 4.78 is 11.9. The van der Waals surface area contributed by atoms with Gasteiger partial charge >= 0.3 is 6.09 Å². The highest BCUT2D eigenvalue weighted by Gasteiger charge is 2.27. The molecule has 2 aromatic carbocycles. The number of fused-ring (bicyclic) bond motifs is 1. The molecule has 10 nitrogen and oxygen atoms in total. The van der Waals surface area contributed by atoms with Gasteiger partial charge in [-0.05, 0) is 80.6 Å². The van der Waals surface area contributed by atoms with Crippen molar-refractivity contribution in [2.24, 2.45) is 5.92 Å². The van der Waals surface area contributed by atoms with Crippen molar-refractivity contribution in [3.05, 3.63) is 76.8 Å². The Labute approximate surface area is 238 Å². The van der Waals surface area contributed by atoms with Crippen LogP contribution in [0, 0.1) is 12.8 Å². The summed E-state index contributed by atoms with van der Waals surface area (Å²) in [6, 6.07) is 13.9. The molecule has 214 valence electrons. The van der Waals surface area contributed by atoms with Crippen LogP contribution in [0.3, 0.4) is 0 Å². The number of ether oxygens (including phenoxy) is 2. The van der Waals surface area contributed by atoms with Gasteiger partial charge < -0.3 is 20.1 Å². The van der Waals surface area contributed by atoms with E-state index < -0.39 is 23.6 Å². The van der Waals surface area contributed by atoms with E-state index >= 15 is 0 Å². The Hall–Kier alpha value is -4.73. The van der Waals surface area contributed by atoms with Crippen molar-refractivity contribution in [1.82, 2.24) is 20.1 Å². The predicted octanol–water partition coefficient (Wildman–Crippen LogP) is 5.25. The van der Waals surface area contributed by atoms with E-state index in [0.29, 0.717) is 22.3 Å². The number of carbonyl (C=O) groups is 2. The fourth-order valence-electron chi connectivity index (χ4n) is 4.40. The van der Waals surface area contributed by atoms with Gasteiger partial charge in [0.05, 0.1) is 30.6 Å². The zero-order valence-corrected chi connectivity index (χ0v) is 24.3. The third kappa shape index (κ3) is 6.71. The van der Waals surface area contributed by atoms with Gasteiger partial charge in [0.2, 0.25) is 5.91 Å². The van der Waals surface area contributed by atoms with Crippen LogP contribution >= 0.6 is 0 Å². The summed E-state index contributed by atoms with van der Waals surface area (Å²) in [7, 11) is 1.64. The first-order valence-corrected chi connectivity index (χ1v) is 13.3. The molecule has 0 bridgehead atoms. The number of rotatable bonds is 7. The van der Waals surface area contributed by atoms with E-state index in [1.54, 1.807) is 52.3 Å². The molecule has 2 N–H and O–H groups in total. The molecule has 4 aromatic rings. The molecule has 0 saturated carbocycles. The van der Waals surface area contributed by atoms with Crippen LogP contribution in [0.2, 0.25) is 0 Å². The first-order valence-electron chi connectivity index (χ1n) is 13.3. The van der Waals surface area contributed by atoms with Crippen LogP contribution in [-0.4, -0.2) is 45.5 Å². The molecule has 2 aromatic heterocycles. The van der Waals surface area contributed by atoms with Crippen molar-refractivity contribution in [3.8, 4) is 22.7 Å². The van der Waals surface area contributed by atoms with Crippen LogP contribution in [0.25, 0.3) is 27.7 Å². The number of anilines is 1. The first-order chi connectivity index (χ1) is 19.4. The van der Waals surface area contributed by atoms with E-state index in [9.17, 15) is 14.4 Å². The van der Waals surface area contributed by atoms with Crippen molar-refractivity contribution in [1.29, 1.82) is 0 Å². The van der Waals surface area contributed by atoms with Crippen molar-refractivity contribution < 1.29 is 19.1 Å². The first kappa shape index (κ1) is 29.3. The second kappa shape index (κ2) is 11.8. The van der Waals surface area contributed by atoms with E-state index in [0.717, 1.165) is 22.4 Å². The van der Waals surface area contributed by atoms with Crippen LogP contribution in [0.5, 0.6) is 5.75 Å². The van der Waals surface area contributed by atoms with Crippen molar-refractivity contribution >= 4 is 28.5 Å². The summed E-state index contributed by atoms with van der Waals surface area (Å²) >= 11 is 0. The Morgan fingerprint density at radius 3 is 2.41 bits per heavy atom. The average molecular weight is 558 g/mol. The molecule has 4 rings (SSSR count). The zero-order valence-electron chi connectivity index (χ0n) is 24.3. The maximum Gasteiger partial charge on any atom is 0.408 e. The lowest BCUT2D eigenvalue weighted by Crippen LogP contribution is -2.48. The maximum absolute atomic E-state index is 13.3. The number of alkyl carbamates (subject to hydrolysis) is 1. The summed E-state index contributed by atoms with van der Waals surface area (Å²) in [5, 5.41) is 10.9. The van der Waals surface area contributed by atoms with Crippen LogP contribution in [0.4, 0.5) is 10.5 Å². The van der Waals surface area contributed by atoms with Gasteiger partial charge in [-0.3, -0.25) is 9.59 Å². The minimum atomic E-state index is -0.819. The topological polar surface area (TPSA) is 124 Å². The molecule has 41 heavy (non-hydrogen) atoms. The SMILES string of the molecule is COc1cccc(-c2ccc3c(=O)n(-c4ccc(NC(=O)[C@@H](NC(=O)OC(C)(C)C)C(C)C)cn4)ncc3c2)c1C. The Morgan fingerprint density at radius 1 is 1.02 bits per heavy atom. The van der Waals surface area contributed by atoms with Gasteiger partial charge in [-0.1, -0.05) is 32.0 Å². The molecule has 2 amide bonds. The van der Waals surface area contributed by atoms with Crippen molar-refractivity contribution in [3.63, 3.8) is 0 Å². The lowest BCUT2D eigenvalue weighted by Gasteiger charge is -2.25. The molecule has 10 heteroatoms. The van der Waals surface area contributed by atoms with Gasteiger partial charge in [-0.2, -0.15) is 9.78 Å². The lowest BCUT2D eigenvalue weighted by atomic mass is 9.98.